The van der Waals surface area contributed by atoms with Crippen molar-refractivity contribution in [1.29, 1.82) is 0 Å². The molecule has 19 heavy (non-hydrogen) atoms. The van der Waals surface area contributed by atoms with Crippen LogP contribution in [0.15, 0.2) is 0 Å². The van der Waals surface area contributed by atoms with E-state index in [4.69, 9.17) is 19.2 Å². The number of hydrogen-bond donors (Lipinski definition) is 0. The Balaban J connectivity index is -0.0000000717. The predicted octanol–water partition coefficient (Wildman–Crippen LogP) is -11.3. The van der Waals surface area contributed by atoms with E-state index in [1.54, 1.807) is 0 Å². The summed E-state index contributed by atoms with van der Waals surface area (Å²) in [5.74, 6) is -10.6. The molecule has 0 atom stereocenters. The SMILES string of the molecule is O=C(OF)C(F)(F)C(=O)OF.O=P([O-])([O-])[O-].[Li+].[Li+].[Li+]. The molecule has 0 radical (unpaired) electrons. The minimum absolute atomic E-state index is 0. The summed E-state index contributed by atoms with van der Waals surface area (Å²) < 4.78 is 53.6. The summed E-state index contributed by atoms with van der Waals surface area (Å²) in [6.45, 7) is 0. The number of rotatable bonds is 2. The average Bonchev–Trinajstić information content (AvgIpc) is 2.12. The van der Waals surface area contributed by atoms with Gasteiger partial charge in [0.05, 0.1) is 0 Å². The standard InChI is InChI=1S/C3F4O4.3Li.H3O4P/c4-3(5,1(8)10-6)2(9)11-7;;;;1-5(2,3)4/h;;;;(H3,1,2,3,4)/q;3*+1;/p-3. The Morgan fingerprint density at radius 2 is 1.05 bits per heavy atom. The Hall–Kier alpha value is 0.562. The van der Waals surface area contributed by atoms with E-state index in [0.29, 0.717) is 0 Å². The molecule has 0 aliphatic heterocycles. The van der Waals surface area contributed by atoms with E-state index < -0.39 is 25.7 Å². The third kappa shape index (κ3) is 18.6. The van der Waals surface area contributed by atoms with Crippen LogP contribution in [0.1, 0.15) is 0 Å². The molecule has 0 aliphatic carbocycles. The van der Waals surface area contributed by atoms with E-state index >= 15 is 0 Å². The molecule has 0 aromatic heterocycles. The van der Waals surface area contributed by atoms with E-state index in [1.807, 2.05) is 9.88 Å². The maximum atomic E-state index is 11.8. The van der Waals surface area contributed by atoms with Crippen molar-refractivity contribution >= 4 is 19.8 Å². The zero-order chi connectivity index (χ0) is 13.6. The Morgan fingerprint density at radius 1 is 0.895 bits per heavy atom. The molecule has 0 aromatic rings. The van der Waals surface area contributed by atoms with Crippen LogP contribution in [0.3, 0.4) is 0 Å². The Bertz CT molecular complexity index is 283. The fraction of sp³-hybridized carbons (Fsp3) is 0.333. The molecule has 0 aromatic carbocycles. The van der Waals surface area contributed by atoms with Gasteiger partial charge in [-0.1, -0.05) is 0 Å². The average molecular weight is 292 g/mol. The summed E-state index contributed by atoms with van der Waals surface area (Å²) in [6.07, 6.45) is 0. The zero-order valence-corrected chi connectivity index (χ0v) is 10.6. The smallest absolute Gasteiger partial charge is 0.822 e. The number of hydrogen-bond acceptors (Lipinski definition) is 8. The summed E-state index contributed by atoms with van der Waals surface area (Å²) in [6, 6.07) is 0. The Labute approximate surface area is 138 Å². The summed E-state index contributed by atoms with van der Waals surface area (Å²) in [5.41, 5.74) is 0. The van der Waals surface area contributed by atoms with Gasteiger partial charge in [-0.05, 0) is 0 Å². The fourth-order valence-electron chi connectivity index (χ4n) is 0.180. The first-order valence-electron chi connectivity index (χ1n) is 2.73. The molecular weight excluding hydrogens is 292 g/mol. The van der Waals surface area contributed by atoms with Gasteiger partial charge in [0.1, 0.15) is 0 Å². The first kappa shape index (κ1) is 31.8. The number of carbonyl (C=O) groups is 2. The second-order valence-electron chi connectivity index (χ2n) is 1.75. The van der Waals surface area contributed by atoms with Crippen molar-refractivity contribution in [3.8, 4) is 0 Å². The van der Waals surface area contributed by atoms with Crippen LogP contribution in [0.4, 0.5) is 17.8 Å². The molecule has 16 heteroatoms. The molecule has 0 N–H and O–H groups in total. The van der Waals surface area contributed by atoms with Crippen molar-refractivity contribution in [1.82, 2.24) is 0 Å². The summed E-state index contributed by atoms with van der Waals surface area (Å²) >= 11 is 0. The molecule has 0 bridgehead atoms. The number of phosphoric acid groups is 1. The zero-order valence-electron chi connectivity index (χ0n) is 9.73. The van der Waals surface area contributed by atoms with Crippen LogP contribution in [0.2, 0.25) is 0 Å². The number of halogens is 4. The van der Waals surface area contributed by atoms with Gasteiger partial charge in [0.25, 0.3) is 0 Å². The molecule has 96 valence electrons. The normalized spacial score (nSPS) is 9.21. The molecule has 0 saturated heterocycles. The monoisotopic (exact) mass is 292 g/mol. The van der Waals surface area contributed by atoms with Gasteiger partial charge in [0.2, 0.25) is 0 Å². The van der Waals surface area contributed by atoms with Crippen molar-refractivity contribution in [2.45, 2.75) is 5.92 Å². The van der Waals surface area contributed by atoms with Crippen molar-refractivity contribution < 1.29 is 113 Å². The fourth-order valence-corrected chi connectivity index (χ4v) is 0.180. The van der Waals surface area contributed by atoms with Gasteiger partial charge >= 0.3 is 74.4 Å². The summed E-state index contributed by atoms with van der Waals surface area (Å²) in [4.78, 5) is 48.8. The second-order valence-corrected chi connectivity index (χ2v) is 2.65. The maximum Gasteiger partial charge on any atom is 1.00 e. The molecule has 8 nitrogen and oxygen atoms in total. The van der Waals surface area contributed by atoms with E-state index in [2.05, 4.69) is 0 Å². The van der Waals surface area contributed by atoms with Crippen molar-refractivity contribution in [2.75, 3.05) is 0 Å². The quantitative estimate of drug-likeness (QED) is 0.211. The number of carbonyl (C=O) groups excluding carboxylic acids is 2. The van der Waals surface area contributed by atoms with E-state index in [9.17, 15) is 27.4 Å². The van der Waals surface area contributed by atoms with Gasteiger partial charge in [0, 0.05) is 9.05 Å². The summed E-state index contributed by atoms with van der Waals surface area (Å²) in [5, 5.41) is 0. The number of alkyl halides is 2. The molecule has 0 heterocycles. The largest absolute Gasteiger partial charge is 1.00 e. The molecule has 0 rings (SSSR count). The molecule has 0 fully saturated rings. The van der Waals surface area contributed by atoms with E-state index in [-0.39, 0.29) is 56.6 Å². The van der Waals surface area contributed by atoms with Gasteiger partial charge in [-0.3, -0.25) is 0 Å². The van der Waals surface area contributed by atoms with Gasteiger partial charge < -0.3 is 19.2 Å². The van der Waals surface area contributed by atoms with Crippen LogP contribution >= 0.6 is 7.82 Å². The summed E-state index contributed by atoms with van der Waals surface area (Å²) in [7, 11) is -5.39. The molecule has 0 unspecified atom stereocenters. The Morgan fingerprint density at radius 3 is 1.16 bits per heavy atom. The van der Waals surface area contributed by atoms with Gasteiger partial charge in [-0.15, -0.1) is 0 Å². The topological polar surface area (TPSA) is 139 Å². The molecule has 0 saturated carbocycles. The molecule has 0 spiro atoms. The molecule has 0 amide bonds. The molecular formula is C3F4Li3O8P. The van der Waals surface area contributed by atoms with Crippen molar-refractivity contribution in [2.24, 2.45) is 0 Å². The van der Waals surface area contributed by atoms with Crippen LogP contribution in [0, 0.1) is 0 Å². The second kappa shape index (κ2) is 13.5. The van der Waals surface area contributed by atoms with Gasteiger partial charge in [-0.2, -0.15) is 16.6 Å². The van der Waals surface area contributed by atoms with Crippen LogP contribution in [-0.2, 0) is 24.0 Å². The first-order chi connectivity index (χ1) is 6.96. The third-order valence-electron chi connectivity index (χ3n) is 0.653. The predicted molar refractivity (Wildman–Crippen MR) is 27.0 cm³/mol. The third-order valence-corrected chi connectivity index (χ3v) is 0.653. The van der Waals surface area contributed by atoms with Crippen LogP contribution in [0.5, 0.6) is 0 Å². The minimum Gasteiger partial charge on any atom is -0.822 e. The van der Waals surface area contributed by atoms with Crippen molar-refractivity contribution in [3.63, 3.8) is 0 Å². The Kier molecular flexibility index (Phi) is 22.7. The minimum atomic E-state index is -5.39. The van der Waals surface area contributed by atoms with E-state index in [1.165, 1.54) is 0 Å². The first-order valence-corrected chi connectivity index (χ1v) is 4.19. The van der Waals surface area contributed by atoms with Crippen LogP contribution < -0.4 is 71.3 Å². The maximum absolute atomic E-state index is 11.8. The molecule has 0 aliphatic rings. The van der Waals surface area contributed by atoms with Crippen LogP contribution in [0.25, 0.3) is 0 Å². The van der Waals surface area contributed by atoms with E-state index in [0.717, 1.165) is 0 Å². The van der Waals surface area contributed by atoms with Crippen LogP contribution in [-0.4, -0.2) is 17.9 Å². The van der Waals surface area contributed by atoms with Gasteiger partial charge in [-0.25, -0.2) is 19.5 Å². The van der Waals surface area contributed by atoms with Crippen molar-refractivity contribution in [3.05, 3.63) is 0 Å². The van der Waals surface area contributed by atoms with Gasteiger partial charge in [0.15, 0.2) is 0 Å².